The third-order valence-electron chi connectivity index (χ3n) is 3.93. The molecule has 1 saturated heterocycles. The van der Waals surface area contributed by atoms with Gasteiger partial charge in [-0.25, -0.2) is 4.98 Å². The molecule has 3 rings (SSSR count). The lowest BCUT2D eigenvalue weighted by Crippen LogP contribution is -2.29. The Kier molecular flexibility index (Phi) is 4.20. The number of carbonyl (C=O) groups excluding carboxylic acids is 1. The van der Waals surface area contributed by atoms with Crippen molar-refractivity contribution in [1.82, 2.24) is 14.9 Å². The molecule has 0 aliphatic carbocycles. The Hall–Kier alpha value is -2.21. The fraction of sp³-hybridized carbons (Fsp3) is 0.438. The summed E-state index contributed by atoms with van der Waals surface area (Å²) in [5.41, 5.74) is 1.35. The highest BCUT2D eigenvalue weighted by Crippen LogP contribution is 2.19. The number of hydrogen-bond donors (Lipinski definition) is 2. The van der Waals surface area contributed by atoms with Crippen LogP contribution in [0.25, 0.3) is 11.0 Å². The molecule has 1 fully saturated rings. The van der Waals surface area contributed by atoms with E-state index in [-0.39, 0.29) is 11.5 Å². The summed E-state index contributed by atoms with van der Waals surface area (Å²) in [5.74, 6) is 0.268. The Morgan fingerprint density at radius 1 is 1.32 bits per heavy atom. The third kappa shape index (κ3) is 3.33. The molecule has 22 heavy (non-hydrogen) atoms. The first-order valence-corrected chi connectivity index (χ1v) is 7.65. The fourth-order valence-corrected chi connectivity index (χ4v) is 2.94. The summed E-state index contributed by atoms with van der Waals surface area (Å²) in [5, 5.41) is 3.56. The smallest absolute Gasteiger partial charge is 0.249 e. The van der Waals surface area contributed by atoms with Gasteiger partial charge in [-0.15, -0.1) is 0 Å². The zero-order valence-electron chi connectivity index (χ0n) is 12.7. The molecule has 116 valence electrons. The zero-order valence-corrected chi connectivity index (χ0v) is 12.7. The molecule has 1 aliphatic heterocycles. The normalized spacial score (nSPS) is 15.9. The Morgan fingerprint density at radius 2 is 2.09 bits per heavy atom. The van der Waals surface area contributed by atoms with Gasteiger partial charge < -0.3 is 10.3 Å². The maximum absolute atomic E-state index is 11.9. The molecule has 3 heterocycles. The van der Waals surface area contributed by atoms with Crippen molar-refractivity contribution in [2.75, 3.05) is 18.4 Å². The molecule has 0 unspecified atom stereocenters. The van der Waals surface area contributed by atoms with Gasteiger partial charge in [-0.3, -0.25) is 14.5 Å². The SMILES string of the molecule is CC(=O)Nc1ccc2c(CN3CCCCC3)cc(=O)[nH]c2n1. The van der Waals surface area contributed by atoms with Crippen molar-refractivity contribution in [3.8, 4) is 0 Å². The van der Waals surface area contributed by atoms with Crippen molar-refractivity contribution in [2.24, 2.45) is 0 Å². The molecule has 0 aromatic carbocycles. The van der Waals surface area contributed by atoms with Gasteiger partial charge >= 0.3 is 0 Å². The minimum Gasteiger partial charge on any atom is -0.311 e. The summed E-state index contributed by atoms with van der Waals surface area (Å²) in [6.07, 6.45) is 3.71. The second-order valence-corrected chi connectivity index (χ2v) is 5.77. The van der Waals surface area contributed by atoms with Crippen LogP contribution in [-0.2, 0) is 11.3 Å². The number of aromatic nitrogens is 2. The van der Waals surface area contributed by atoms with Crippen molar-refractivity contribution < 1.29 is 4.79 Å². The molecular formula is C16H20N4O2. The van der Waals surface area contributed by atoms with E-state index in [9.17, 15) is 9.59 Å². The lowest BCUT2D eigenvalue weighted by molar-refractivity contribution is -0.114. The molecule has 0 atom stereocenters. The van der Waals surface area contributed by atoms with Crippen LogP contribution >= 0.6 is 0 Å². The average Bonchev–Trinajstić information content (AvgIpc) is 2.47. The van der Waals surface area contributed by atoms with Gasteiger partial charge in [-0.05, 0) is 43.6 Å². The van der Waals surface area contributed by atoms with Gasteiger partial charge in [0.2, 0.25) is 11.5 Å². The maximum Gasteiger partial charge on any atom is 0.249 e. The maximum atomic E-state index is 11.9. The minimum atomic E-state index is -0.182. The molecule has 0 radical (unpaired) electrons. The number of nitrogens with one attached hydrogen (secondary N) is 2. The predicted octanol–water partition coefficient (Wildman–Crippen LogP) is 1.87. The van der Waals surface area contributed by atoms with Crippen molar-refractivity contribution in [3.05, 3.63) is 34.1 Å². The minimum absolute atomic E-state index is 0.160. The Morgan fingerprint density at radius 3 is 2.82 bits per heavy atom. The Balaban J connectivity index is 1.95. The number of fused-ring (bicyclic) bond motifs is 1. The second-order valence-electron chi connectivity index (χ2n) is 5.77. The lowest BCUT2D eigenvalue weighted by Gasteiger charge is -2.26. The van der Waals surface area contributed by atoms with Gasteiger partial charge in [-0.1, -0.05) is 6.42 Å². The van der Waals surface area contributed by atoms with Crippen molar-refractivity contribution in [2.45, 2.75) is 32.7 Å². The number of rotatable bonds is 3. The molecule has 1 aliphatic rings. The van der Waals surface area contributed by atoms with Crippen LogP contribution in [0.3, 0.4) is 0 Å². The second kappa shape index (κ2) is 6.27. The summed E-state index contributed by atoms with van der Waals surface area (Å²) in [7, 11) is 0. The number of amides is 1. The third-order valence-corrected chi connectivity index (χ3v) is 3.93. The van der Waals surface area contributed by atoms with Gasteiger partial charge in [0.15, 0.2) is 0 Å². The van der Waals surface area contributed by atoms with E-state index < -0.39 is 0 Å². The van der Waals surface area contributed by atoms with Gasteiger partial charge in [0, 0.05) is 24.9 Å². The topological polar surface area (TPSA) is 78.1 Å². The summed E-state index contributed by atoms with van der Waals surface area (Å²) in [6, 6.07) is 5.32. The van der Waals surface area contributed by atoms with E-state index in [1.165, 1.54) is 26.2 Å². The first kappa shape index (κ1) is 14.7. The van der Waals surface area contributed by atoms with E-state index in [0.717, 1.165) is 30.6 Å². The molecule has 6 nitrogen and oxygen atoms in total. The van der Waals surface area contributed by atoms with E-state index in [1.54, 1.807) is 12.1 Å². The summed E-state index contributed by atoms with van der Waals surface area (Å²) >= 11 is 0. The number of anilines is 1. The fourth-order valence-electron chi connectivity index (χ4n) is 2.94. The first-order chi connectivity index (χ1) is 10.6. The van der Waals surface area contributed by atoms with Gasteiger partial charge in [0.05, 0.1) is 0 Å². The molecular weight excluding hydrogens is 280 g/mol. The van der Waals surface area contributed by atoms with Crippen molar-refractivity contribution >= 4 is 22.8 Å². The molecule has 2 aromatic heterocycles. The van der Waals surface area contributed by atoms with E-state index in [2.05, 4.69) is 20.2 Å². The highest BCUT2D eigenvalue weighted by atomic mass is 16.1. The molecule has 0 bridgehead atoms. The monoisotopic (exact) mass is 300 g/mol. The first-order valence-electron chi connectivity index (χ1n) is 7.65. The van der Waals surface area contributed by atoms with Crippen LogP contribution in [0.2, 0.25) is 0 Å². The Bertz CT molecular complexity index is 747. The van der Waals surface area contributed by atoms with Crippen LogP contribution < -0.4 is 10.9 Å². The van der Waals surface area contributed by atoms with Gasteiger partial charge in [0.25, 0.3) is 0 Å². The Labute approximate surface area is 128 Å². The van der Waals surface area contributed by atoms with Crippen LogP contribution in [0.1, 0.15) is 31.7 Å². The van der Waals surface area contributed by atoms with Crippen LogP contribution in [0.15, 0.2) is 23.0 Å². The van der Waals surface area contributed by atoms with E-state index in [4.69, 9.17) is 0 Å². The summed E-state index contributed by atoms with van der Waals surface area (Å²) in [6.45, 7) is 4.35. The zero-order chi connectivity index (χ0) is 15.5. The number of aromatic amines is 1. The van der Waals surface area contributed by atoms with Crippen molar-refractivity contribution in [3.63, 3.8) is 0 Å². The van der Waals surface area contributed by atoms with Crippen LogP contribution in [0, 0.1) is 0 Å². The predicted molar refractivity (Wildman–Crippen MR) is 85.8 cm³/mol. The molecule has 2 aromatic rings. The number of likely N-dealkylation sites (tertiary alicyclic amines) is 1. The average molecular weight is 300 g/mol. The summed E-state index contributed by atoms with van der Waals surface area (Å²) < 4.78 is 0. The molecule has 0 saturated carbocycles. The summed E-state index contributed by atoms with van der Waals surface area (Å²) in [4.78, 5) is 32.4. The van der Waals surface area contributed by atoms with E-state index >= 15 is 0 Å². The highest BCUT2D eigenvalue weighted by Gasteiger charge is 2.13. The highest BCUT2D eigenvalue weighted by molar-refractivity contribution is 5.89. The van der Waals surface area contributed by atoms with E-state index in [0.29, 0.717) is 11.5 Å². The van der Waals surface area contributed by atoms with Crippen molar-refractivity contribution in [1.29, 1.82) is 0 Å². The molecule has 2 N–H and O–H groups in total. The van der Waals surface area contributed by atoms with E-state index in [1.807, 2.05) is 6.07 Å². The lowest BCUT2D eigenvalue weighted by atomic mass is 10.1. The van der Waals surface area contributed by atoms with Gasteiger partial charge in [-0.2, -0.15) is 0 Å². The number of pyridine rings is 2. The van der Waals surface area contributed by atoms with Crippen LogP contribution in [0.5, 0.6) is 0 Å². The number of piperidine rings is 1. The number of carbonyl (C=O) groups is 1. The number of hydrogen-bond acceptors (Lipinski definition) is 4. The van der Waals surface area contributed by atoms with Crippen LogP contribution in [-0.4, -0.2) is 33.9 Å². The number of nitrogens with zero attached hydrogens (tertiary/aromatic N) is 2. The quantitative estimate of drug-likeness (QED) is 0.907. The molecule has 6 heteroatoms. The molecule has 0 spiro atoms. The largest absolute Gasteiger partial charge is 0.311 e. The standard InChI is InChI=1S/C16H20N4O2/c1-11(21)17-14-6-5-13-12(9-15(22)19-16(13)18-14)10-20-7-3-2-4-8-20/h5-6,9H,2-4,7-8,10H2,1H3,(H2,17,18,19,21,22). The molecule has 1 amide bonds. The van der Waals surface area contributed by atoms with Gasteiger partial charge in [0.1, 0.15) is 11.5 Å². The van der Waals surface area contributed by atoms with Crippen LogP contribution in [0.4, 0.5) is 5.82 Å². The number of H-pyrrole nitrogens is 1.